The standard InChI is InChI=1S/C10H16O3/c1-2-13-9(11)10(12)6-7-3-4-8(10)5-7/h7-8,12H,2-6H2,1H3. The molecule has 0 aromatic carbocycles. The summed E-state index contributed by atoms with van der Waals surface area (Å²) in [5.41, 5.74) is -1.14. The van der Waals surface area contributed by atoms with Crippen molar-refractivity contribution in [3.63, 3.8) is 0 Å². The number of carbonyl (C=O) groups excluding carboxylic acids is 1. The van der Waals surface area contributed by atoms with Gasteiger partial charge in [0.25, 0.3) is 0 Å². The Morgan fingerprint density at radius 2 is 2.38 bits per heavy atom. The average molecular weight is 184 g/mol. The molecule has 2 rings (SSSR count). The van der Waals surface area contributed by atoms with Crippen molar-refractivity contribution in [3.05, 3.63) is 0 Å². The van der Waals surface area contributed by atoms with Gasteiger partial charge in [-0.1, -0.05) is 0 Å². The Morgan fingerprint density at radius 3 is 2.85 bits per heavy atom. The van der Waals surface area contributed by atoms with E-state index >= 15 is 0 Å². The summed E-state index contributed by atoms with van der Waals surface area (Å²) in [4.78, 5) is 11.5. The van der Waals surface area contributed by atoms with Gasteiger partial charge in [-0.25, -0.2) is 4.79 Å². The molecule has 2 fully saturated rings. The first-order valence-corrected chi connectivity index (χ1v) is 5.06. The topological polar surface area (TPSA) is 46.5 Å². The molecule has 0 heterocycles. The highest BCUT2D eigenvalue weighted by Crippen LogP contribution is 2.51. The Bertz CT molecular complexity index is 226. The molecule has 2 aliphatic rings. The van der Waals surface area contributed by atoms with Crippen LogP contribution < -0.4 is 0 Å². The van der Waals surface area contributed by atoms with Crippen LogP contribution in [0.4, 0.5) is 0 Å². The molecule has 1 N–H and O–H groups in total. The smallest absolute Gasteiger partial charge is 0.338 e. The van der Waals surface area contributed by atoms with Gasteiger partial charge in [0, 0.05) is 0 Å². The number of hydrogen-bond donors (Lipinski definition) is 1. The van der Waals surface area contributed by atoms with Crippen molar-refractivity contribution < 1.29 is 14.6 Å². The Morgan fingerprint density at radius 1 is 1.62 bits per heavy atom. The van der Waals surface area contributed by atoms with Gasteiger partial charge in [-0.15, -0.1) is 0 Å². The van der Waals surface area contributed by atoms with E-state index in [1.807, 2.05) is 0 Å². The van der Waals surface area contributed by atoms with E-state index in [0.717, 1.165) is 12.8 Å². The van der Waals surface area contributed by atoms with E-state index < -0.39 is 11.6 Å². The van der Waals surface area contributed by atoms with E-state index in [1.165, 1.54) is 6.42 Å². The number of rotatable bonds is 2. The highest BCUT2D eigenvalue weighted by molar-refractivity contribution is 5.80. The lowest BCUT2D eigenvalue weighted by molar-refractivity contribution is -0.170. The number of ether oxygens (including phenoxy) is 1. The Balaban J connectivity index is 2.08. The summed E-state index contributed by atoms with van der Waals surface area (Å²) >= 11 is 0. The molecule has 0 aliphatic heterocycles. The molecule has 0 saturated heterocycles. The highest BCUT2D eigenvalue weighted by Gasteiger charge is 2.55. The first-order valence-electron chi connectivity index (χ1n) is 5.06. The molecular formula is C10H16O3. The summed E-state index contributed by atoms with van der Waals surface area (Å²) < 4.78 is 4.89. The summed E-state index contributed by atoms with van der Waals surface area (Å²) in [6, 6.07) is 0. The van der Waals surface area contributed by atoms with Crippen LogP contribution in [-0.4, -0.2) is 23.3 Å². The molecular weight excluding hydrogens is 168 g/mol. The van der Waals surface area contributed by atoms with E-state index in [4.69, 9.17) is 4.74 Å². The molecule has 74 valence electrons. The Kier molecular flexibility index (Phi) is 2.06. The van der Waals surface area contributed by atoms with E-state index in [-0.39, 0.29) is 5.92 Å². The zero-order valence-electron chi connectivity index (χ0n) is 7.95. The van der Waals surface area contributed by atoms with Crippen LogP contribution in [0.3, 0.4) is 0 Å². The third kappa shape index (κ3) is 1.26. The molecule has 3 unspecified atom stereocenters. The average Bonchev–Trinajstić information content (AvgIpc) is 2.64. The largest absolute Gasteiger partial charge is 0.464 e. The predicted octanol–water partition coefficient (Wildman–Crippen LogP) is 1.10. The van der Waals surface area contributed by atoms with Gasteiger partial charge in [0.2, 0.25) is 0 Å². The quantitative estimate of drug-likeness (QED) is 0.654. The minimum atomic E-state index is -1.14. The monoisotopic (exact) mass is 184 g/mol. The van der Waals surface area contributed by atoms with Gasteiger partial charge in [0.1, 0.15) is 0 Å². The summed E-state index contributed by atoms with van der Waals surface area (Å²) in [5, 5.41) is 10.1. The number of carbonyl (C=O) groups is 1. The lowest BCUT2D eigenvalue weighted by atomic mass is 9.84. The van der Waals surface area contributed by atoms with Crippen molar-refractivity contribution in [2.24, 2.45) is 11.8 Å². The van der Waals surface area contributed by atoms with Crippen molar-refractivity contribution in [1.82, 2.24) is 0 Å². The van der Waals surface area contributed by atoms with E-state index in [0.29, 0.717) is 18.9 Å². The van der Waals surface area contributed by atoms with Gasteiger partial charge in [-0.3, -0.25) is 0 Å². The molecule has 3 nitrogen and oxygen atoms in total. The van der Waals surface area contributed by atoms with Crippen LogP contribution in [0.1, 0.15) is 32.6 Å². The fourth-order valence-electron chi connectivity index (χ4n) is 2.81. The summed E-state index contributed by atoms with van der Waals surface area (Å²) in [6.45, 7) is 2.13. The number of fused-ring (bicyclic) bond motifs is 2. The molecule has 0 aromatic rings. The second-order valence-electron chi connectivity index (χ2n) is 4.22. The number of hydrogen-bond acceptors (Lipinski definition) is 3. The van der Waals surface area contributed by atoms with Gasteiger partial charge in [0.05, 0.1) is 6.61 Å². The normalized spacial score (nSPS) is 42.3. The number of esters is 1. The van der Waals surface area contributed by atoms with Gasteiger partial charge < -0.3 is 9.84 Å². The molecule has 2 saturated carbocycles. The van der Waals surface area contributed by atoms with E-state index in [1.54, 1.807) is 6.92 Å². The van der Waals surface area contributed by atoms with Crippen LogP contribution in [0.2, 0.25) is 0 Å². The zero-order valence-corrected chi connectivity index (χ0v) is 7.95. The van der Waals surface area contributed by atoms with Gasteiger partial charge in [-0.05, 0) is 44.4 Å². The zero-order chi connectivity index (χ0) is 9.47. The lowest BCUT2D eigenvalue weighted by Crippen LogP contribution is -2.44. The fourth-order valence-corrected chi connectivity index (χ4v) is 2.81. The predicted molar refractivity (Wildman–Crippen MR) is 47.0 cm³/mol. The van der Waals surface area contributed by atoms with Crippen molar-refractivity contribution in [2.75, 3.05) is 6.61 Å². The first kappa shape index (κ1) is 9.00. The minimum Gasteiger partial charge on any atom is -0.464 e. The molecule has 3 atom stereocenters. The van der Waals surface area contributed by atoms with Crippen LogP contribution in [0.5, 0.6) is 0 Å². The first-order chi connectivity index (χ1) is 6.16. The van der Waals surface area contributed by atoms with Crippen LogP contribution in [0.15, 0.2) is 0 Å². The minimum absolute atomic E-state index is 0.163. The van der Waals surface area contributed by atoms with Crippen LogP contribution in [0.25, 0.3) is 0 Å². The highest BCUT2D eigenvalue weighted by atomic mass is 16.5. The van der Waals surface area contributed by atoms with Crippen molar-refractivity contribution in [1.29, 1.82) is 0 Å². The molecule has 0 spiro atoms. The third-order valence-electron chi connectivity index (χ3n) is 3.45. The molecule has 0 radical (unpaired) electrons. The van der Waals surface area contributed by atoms with Gasteiger partial charge in [-0.2, -0.15) is 0 Å². The van der Waals surface area contributed by atoms with E-state index in [2.05, 4.69) is 0 Å². The van der Waals surface area contributed by atoms with Crippen molar-refractivity contribution in [2.45, 2.75) is 38.2 Å². The van der Waals surface area contributed by atoms with Crippen LogP contribution in [-0.2, 0) is 9.53 Å². The second kappa shape index (κ2) is 2.98. The number of aliphatic hydroxyl groups is 1. The van der Waals surface area contributed by atoms with Gasteiger partial charge >= 0.3 is 5.97 Å². The summed E-state index contributed by atoms with van der Waals surface area (Å²) in [6.07, 6.45) is 3.79. The fraction of sp³-hybridized carbons (Fsp3) is 0.900. The molecule has 2 bridgehead atoms. The summed E-state index contributed by atoms with van der Waals surface area (Å²) in [5.74, 6) is 0.318. The maximum absolute atomic E-state index is 11.5. The van der Waals surface area contributed by atoms with Crippen molar-refractivity contribution in [3.8, 4) is 0 Å². The Labute approximate surface area is 78.1 Å². The molecule has 2 aliphatic carbocycles. The third-order valence-corrected chi connectivity index (χ3v) is 3.45. The lowest BCUT2D eigenvalue weighted by Gasteiger charge is -2.29. The van der Waals surface area contributed by atoms with E-state index in [9.17, 15) is 9.90 Å². The second-order valence-corrected chi connectivity index (χ2v) is 4.22. The van der Waals surface area contributed by atoms with Gasteiger partial charge in [0.15, 0.2) is 5.60 Å². The molecule has 13 heavy (non-hydrogen) atoms. The molecule has 0 amide bonds. The SMILES string of the molecule is CCOC(=O)C1(O)CC2CCC1C2. The maximum Gasteiger partial charge on any atom is 0.338 e. The maximum atomic E-state index is 11.5. The Hall–Kier alpha value is -0.570. The summed E-state index contributed by atoms with van der Waals surface area (Å²) in [7, 11) is 0. The molecule has 3 heteroatoms. The van der Waals surface area contributed by atoms with Crippen LogP contribution >= 0.6 is 0 Å². The van der Waals surface area contributed by atoms with Crippen molar-refractivity contribution >= 4 is 5.97 Å². The van der Waals surface area contributed by atoms with Crippen LogP contribution in [0, 0.1) is 11.8 Å². The molecule has 0 aromatic heterocycles.